The molecule has 0 fully saturated rings. The smallest absolute Gasteiger partial charge is 0.207 e. The second-order valence-electron chi connectivity index (χ2n) is 11.6. The van der Waals surface area contributed by atoms with E-state index in [0.717, 1.165) is 47.5 Å². The van der Waals surface area contributed by atoms with Crippen molar-refractivity contribution in [2.45, 2.75) is 23.6 Å². The van der Waals surface area contributed by atoms with Crippen molar-refractivity contribution in [3.05, 3.63) is 144 Å². The van der Waals surface area contributed by atoms with Gasteiger partial charge in [-0.1, -0.05) is 47.5 Å². The van der Waals surface area contributed by atoms with Crippen molar-refractivity contribution < 1.29 is 35.5 Å². The number of hydrogen-bond donors (Lipinski definition) is 0. The van der Waals surface area contributed by atoms with Gasteiger partial charge in [-0.05, 0) is 97.8 Å². The molecule has 0 aliphatic rings. The zero-order valence-electron chi connectivity index (χ0n) is 26.9. The summed E-state index contributed by atoms with van der Waals surface area (Å²) in [7, 11) is -1.64. The third-order valence-corrected chi connectivity index (χ3v) is 10.2. The van der Waals surface area contributed by atoms with Crippen molar-refractivity contribution in [2.24, 2.45) is 0 Å². The number of rotatable bonds is 8. The Kier molecular flexibility index (Phi) is 9.05. The monoisotopic (exact) mass is 682 g/mol. The van der Waals surface area contributed by atoms with Crippen molar-refractivity contribution in [1.29, 1.82) is 0 Å². The second kappa shape index (κ2) is 13.2. The molecular formula is C40H30F4O4S. The predicted octanol–water partition coefficient (Wildman–Crippen LogP) is 10.4. The molecule has 0 amide bonds. The van der Waals surface area contributed by atoms with E-state index in [-0.39, 0.29) is 22.3 Å². The topological polar surface area (TPSA) is 52.6 Å². The summed E-state index contributed by atoms with van der Waals surface area (Å²) < 4.78 is 101. The lowest BCUT2D eigenvalue weighted by molar-refractivity contribution is 0.416. The first-order valence-electron chi connectivity index (χ1n) is 15.2. The summed E-state index contributed by atoms with van der Waals surface area (Å²) >= 11 is 0. The van der Waals surface area contributed by atoms with Crippen molar-refractivity contribution >= 4 is 9.84 Å². The largest absolute Gasteiger partial charge is 0.496 e. The van der Waals surface area contributed by atoms with Gasteiger partial charge < -0.3 is 9.47 Å². The lowest BCUT2D eigenvalue weighted by atomic mass is 9.98. The number of sulfone groups is 1. The fourth-order valence-electron chi connectivity index (χ4n) is 5.91. The number of methoxy groups -OCH3 is 2. The van der Waals surface area contributed by atoms with Crippen LogP contribution in [0.2, 0.25) is 0 Å². The lowest BCUT2D eigenvalue weighted by Gasteiger charge is -2.17. The van der Waals surface area contributed by atoms with Crippen LogP contribution >= 0.6 is 0 Å². The summed E-state index contributed by atoms with van der Waals surface area (Å²) in [6.07, 6.45) is 0. The van der Waals surface area contributed by atoms with E-state index in [1.54, 1.807) is 24.3 Å². The van der Waals surface area contributed by atoms with Crippen LogP contribution in [-0.4, -0.2) is 22.6 Å². The highest BCUT2D eigenvalue weighted by molar-refractivity contribution is 7.91. The molecule has 0 N–H and O–H groups in total. The molecule has 6 aromatic carbocycles. The molecule has 4 nitrogen and oxygen atoms in total. The summed E-state index contributed by atoms with van der Waals surface area (Å²) in [6, 6.07) is 25.0. The van der Waals surface area contributed by atoms with Crippen molar-refractivity contribution in [3.63, 3.8) is 0 Å². The van der Waals surface area contributed by atoms with Crippen LogP contribution in [0.25, 0.3) is 44.5 Å². The predicted molar refractivity (Wildman–Crippen MR) is 182 cm³/mol. The lowest BCUT2D eigenvalue weighted by Crippen LogP contribution is -2.08. The number of aryl methyl sites for hydroxylation is 2. The molecule has 0 heterocycles. The molecule has 49 heavy (non-hydrogen) atoms. The Morgan fingerprint density at radius 2 is 0.857 bits per heavy atom. The highest BCUT2D eigenvalue weighted by Crippen LogP contribution is 2.41. The van der Waals surface area contributed by atoms with E-state index in [1.807, 2.05) is 38.1 Å². The molecule has 0 radical (unpaired) electrons. The minimum atomic E-state index is -4.63. The van der Waals surface area contributed by atoms with Gasteiger partial charge >= 0.3 is 0 Å². The van der Waals surface area contributed by atoms with E-state index in [2.05, 4.69) is 0 Å². The third-order valence-electron chi connectivity index (χ3n) is 8.31. The molecule has 0 aromatic heterocycles. The molecule has 0 atom stereocenters. The fourth-order valence-corrected chi connectivity index (χ4v) is 7.56. The first-order chi connectivity index (χ1) is 23.4. The number of ether oxygens (including phenoxy) is 2. The maximum Gasteiger partial charge on any atom is 0.207 e. The highest BCUT2D eigenvalue weighted by atomic mass is 32.2. The molecule has 0 aliphatic carbocycles. The molecule has 0 saturated carbocycles. The van der Waals surface area contributed by atoms with Gasteiger partial charge in [0.1, 0.15) is 34.8 Å². The van der Waals surface area contributed by atoms with Crippen LogP contribution in [0.3, 0.4) is 0 Å². The molecule has 9 heteroatoms. The quantitative estimate of drug-likeness (QED) is 0.118. The van der Waals surface area contributed by atoms with E-state index in [1.165, 1.54) is 38.5 Å². The molecule has 6 aromatic rings. The van der Waals surface area contributed by atoms with Gasteiger partial charge in [-0.2, -0.15) is 0 Å². The van der Waals surface area contributed by atoms with Crippen LogP contribution in [0, 0.1) is 37.1 Å². The minimum absolute atomic E-state index is 0.181. The zero-order chi connectivity index (χ0) is 35.0. The standard InChI is InChI=1S/C40H30F4O4S/c1-23-5-13-37(47-3)31(17-23)25-7-11-29(35(43)19-25)33-21-27(41)9-15-39(33)49(45,46)40-16-10-28(42)22-34(40)30-12-8-26(20-36(30)44)32-18-24(2)6-14-38(32)48-4/h5-22H,1-4H3. The summed E-state index contributed by atoms with van der Waals surface area (Å²) in [5.41, 5.74) is 3.12. The number of hydrogen-bond acceptors (Lipinski definition) is 4. The molecule has 0 saturated heterocycles. The average Bonchev–Trinajstić information content (AvgIpc) is 3.07. The van der Waals surface area contributed by atoms with Crippen molar-refractivity contribution in [2.75, 3.05) is 14.2 Å². The molecule has 248 valence electrons. The SMILES string of the molecule is COc1ccc(C)cc1-c1ccc(-c2cc(F)ccc2S(=O)(=O)c2ccc(F)cc2-c2ccc(-c3cc(C)ccc3OC)cc2F)c(F)c1. The van der Waals surface area contributed by atoms with Gasteiger partial charge in [-0.25, -0.2) is 26.0 Å². The number of halogens is 4. The fraction of sp³-hybridized carbons (Fsp3) is 0.100. The van der Waals surface area contributed by atoms with Crippen LogP contribution < -0.4 is 9.47 Å². The second-order valence-corrected chi connectivity index (χ2v) is 13.5. The van der Waals surface area contributed by atoms with Gasteiger partial charge in [0.2, 0.25) is 9.84 Å². The van der Waals surface area contributed by atoms with Gasteiger partial charge in [0, 0.05) is 33.4 Å². The third kappa shape index (κ3) is 6.41. The minimum Gasteiger partial charge on any atom is -0.496 e. The van der Waals surface area contributed by atoms with Gasteiger partial charge in [0.15, 0.2) is 0 Å². The Balaban J connectivity index is 1.47. The van der Waals surface area contributed by atoms with Crippen LogP contribution in [-0.2, 0) is 9.84 Å². The maximum absolute atomic E-state index is 15.9. The maximum atomic E-state index is 15.9. The molecule has 0 unspecified atom stereocenters. The van der Waals surface area contributed by atoms with Gasteiger partial charge in [-0.3, -0.25) is 0 Å². The molecule has 0 bridgehead atoms. The summed E-state index contributed by atoms with van der Waals surface area (Å²) in [4.78, 5) is -0.883. The summed E-state index contributed by atoms with van der Waals surface area (Å²) in [5, 5.41) is 0. The Morgan fingerprint density at radius 1 is 0.449 bits per heavy atom. The van der Waals surface area contributed by atoms with Crippen molar-refractivity contribution in [1.82, 2.24) is 0 Å². The zero-order valence-corrected chi connectivity index (χ0v) is 27.8. The Bertz CT molecular complexity index is 2190. The summed E-state index contributed by atoms with van der Waals surface area (Å²) in [6.45, 7) is 3.76. The molecule has 0 spiro atoms. The van der Waals surface area contributed by atoms with Gasteiger partial charge in [0.05, 0.1) is 24.0 Å². The Labute approximate surface area is 282 Å². The number of benzene rings is 6. The molecule has 0 aliphatic heterocycles. The highest BCUT2D eigenvalue weighted by Gasteiger charge is 2.28. The van der Waals surface area contributed by atoms with Crippen LogP contribution in [0.15, 0.2) is 119 Å². The molecular weight excluding hydrogens is 652 g/mol. The van der Waals surface area contributed by atoms with E-state index in [9.17, 15) is 17.2 Å². The first kappa shape index (κ1) is 33.5. The Morgan fingerprint density at radius 3 is 1.22 bits per heavy atom. The van der Waals surface area contributed by atoms with Crippen LogP contribution in [0.1, 0.15) is 11.1 Å². The van der Waals surface area contributed by atoms with Crippen LogP contribution in [0.4, 0.5) is 17.6 Å². The van der Waals surface area contributed by atoms with Crippen molar-refractivity contribution in [3.8, 4) is 56.0 Å². The van der Waals surface area contributed by atoms with Gasteiger partial charge in [-0.15, -0.1) is 0 Å². The normalized spacial score (nSPS) is 11.4. The molecule has 6 rings (SSSR count). The summed E-state index contributed by atoms with van der Waals surface area (Å²) in [5.74, 6) is -2.20. The first-order valence-corrected chi connectivity index (χ1v) is 16.6. The van der Waals surface area contributed by atoms with E-state index >= 15 is 8.78 Å². The van der Waals surface area contributed by atoms with E-state index in [0.29, 0.717) is 33.8 Å². The van der Waals surface area contributed by atoms with E-state index < -0.39 is 42.9 Å². The van der Waals surface area contributed by atoms with Gasteiger partial charge in [0.25, 0.3) is 0 Å². The Hall–Kier alpha value is -5.41. The average molecular weight is 683 g/mol. The van der Waals surface area contributed by atoms with Crippen LogP contribution in [0.5, 0.6) is 11.5 Å². The van der Waals surface area contributed by atoms with E-state index in [4.69, 9.17) is 9.47 Å².